The second kappa shape index (κ2) is 6.55. The van der Waals surface area contributed by atoms with E-state index in [-0.39, 0.29) is 34.5 Å². The van der Waals surface area contributed by atoms with E-state index in [4.69, 9.17) is 10.6 Å². The number of aromatic nitrogens is 2. The number of aromatic carboxylic acids is 1. The van der Waals surface area contributed by atoms with E-state index < -0.39 is 23.3 Å². The van der Waals surface area contributed by atoms with E-state index in [1.165, 1.54) is 13.3 Å². The van der Waals surface area contributed by atoms with Gasteiger partial charge in [0.05, 0.1) is 23.2 Å². The van der Waals surface area contributed by atoms with Gasteiger partial charge in [-0.25, -0.2) is 14.2 Å². The van der Waals surface area contributed by atoms with Crippen molar-refractivity contribution in [1.29, 1.82) is 0 Å². The average molecular weight is 389 g/mol. The van der Waals surface area contributed by atoms with Crippen LogP contribution < -0.4 is 16.1 Å². The van der Waals surface area contributed by atoms with Crippen molar-refractivity contribution in [2.45, 2.75) is 37.9 Å². The molecule has 0 spiro atoms. The van der Waals surface area contributed by atoms with Crippen molar-refractivity contribution >= 4 is 28.5 Å². The molecular weight excluding hydrogens is 369 g/mol. The minimum Gasteiger partial charge on any atom is -0.477 e. The molecule has 4 rings (SSSR count). The molecule has 0 aromatic carbocycles. The number of nitrogens with two attached hydrogens (primary N) is 1. The van der Waals surface area contributed by atoms with E-state index in [0.29, 0.717) is 12.3 Å². The molecule has 2 aliphatic rings. The first kappa shape index (κ1) is 18.4. The third-order valence-electron chi connectivity index (χ3n) is 5.25. The van der Waals surface area contributed by atoms with E-state index in [1.54, 1.807) is 9.47 Å². The zero-order chi connectivity index (χ0) is 20.2. The fraction of sp³-hybridized carbons (Fsp3) is 0.444. The third-order valence-corrected chi connectivity index (χ3v) is 5.25. The molecule has 1 saturated carbocycles. The van der Waals surface area contributed by atoms with Gasteiger partial charge in [0.2, 0.25) is 5.43 Å². The van der Waals surface area contributed by atoms with Gasteiger partial charge in [-0.3, -0.25) is 4.79 Å². The number of rotatable bonds is 4. The maximum Gasteiger partial charge on any atom is 0.341 e. The number of fused-ring (bicyclic) bond motifs is 1. The monoisotopic (exact) mass is 389 g/mol. The maximum absolute atomic E-state index is 14.9. The van der Waals surface area contributed by atoms with Gasteiger partial charge in [0.1, 0.15) is 18.3 Å². The van der Waals surface area contributed by atoms with E-state index in [0.717, 1.165) is 18.9 Å². The molecule has 2 aromatic rings. The number of anilines is 1. The number of hydrogen-bond donors (Lipinski definition) is 2. The van der Waals surface area contributed by atoms with Crippen LogP contribution in [0, 0.1) is 5.82 Å². The number of carboxylic acids is 1. The van der Waals surface area contributed by atoms with Gasteiger partial charge in [-0.1, -0.05) is 5.16 Å². The minimum atomic E-state index is -1.34. The van der Waals surface area contributed by atoms with Crippen LogP contribution in [-0.4, -0.2) is 52.1 Å². The molecule has 0 amide bonds. The number of halogens is 1. The normalized spacial score (nSPS) is 23.6. The van der Waals surface area contributed by atoms with Gasteiger partial charge < -0.3 is 25.1 Å². The molecule has 2 aromatic heterocycles. The lowest BCUT2D eigenvalue weighted by atomic mass is 10.1. The van der Waals surface area contributed by atoms with Crippen molar-refractivity contribution in [2.24, 2.45) is 10.9 Å². The predicted octanol–water partition coefficient (Wildman–Crippen LogP) is 1.11. The molecule has 3 heterocycles. The standard InChI is InChI=1S/C18H20FN5O4/c1-8-14(22-28-2)13(20)7-23(8)17-12(19)5-10-15(25)11(18(26)27)6-24(9-3-4-9)16(10)21-17/h5-6,8-9,13H,3-4,7,20H2,1-2H3,(H,26,27). The molecule has 2 atom stereocenters. The molecule has 10 heteroatoms. The summed E-state index contributed by atoms with van der Waals surface area (Å²) in [6.45, 7) is 2.11. The van der Waals surface area contributed by atoms with E-state index in [9.17, 15) is 19.1 Å². The van der Waals surface area contributed by atoms with Crippen LogP contribution in [0.3, 0.4) is 0 Å². The highest BCUT2D eigenvalue weighted by molar-refractivity contribution is 5.99. The Balaban J connectivity index is 1.91. The van der Waals surface area contributed by atoms with Crippen molar-refractivity contribution in [1.82, 2.24) is 9.55 Å². The molecule has 0 radical (unpaired) electrons. The van der Waals surface area contributed by atoms with Crippen molar-refractivity contribution in [2.75, 3.05) is 18.6 Å². The van der Waals surface area contributed by atoms with Crippen LogP contribution in [0.15, 0.2) is 22.2 Å². The summed E-state index contributed by atoms with van der Waals surface area (Å²) in [5.74, 6) is -2.01. The van der Waals surface area contributed by atoms with Gasteiger partial charge in [-0.05, 0) is 25.8 Å². The quantitative estimate of drug-likeness (QED) is 0.751. The van der Waals surface area contributed by atoms with Gasteiger partial charge >= 0.3 is 5.97 Å². The zero-order valence-electron chi connectivity index (χ0n) is 15.4. The summed E-state index contributed by atoms with van der Waals surface area (Å²) in [6, 6.07) is 0.339. The third kappa shape index (κ3) is 2.80. The largest absolute Gasteiger partial charge is 0.477 e. The molecule has 3 N–H and O–H groups in total. The highest BCUT2D eigenvalue weighted by Gasteiger charge is 2.37. The number of nitrogens with zero attached hydrogens (tertiary/aromatic N) is 4. The summed E-state index contributed by atoms with van der Waals surface area (Å²) in [4.78, 5) is 34.9. The van der Waals surface area contributed by atoms with Crippen LogP contribution in [0.1, 0.15) is 36.2 Å². The van der Waals surface area contributed by atoms with Crippen molar-refractivity contribution < 1.29 is 19.1 Å². The molecule has 1 aliphatic heterocycles. The Hall–Kier alpha value is -3.01. The van der Waals surface area contributed by atoms with Crippen LogP contribution in [0.2, 0.25) is 0 Å². The number of pyridine rings is 2. The average Bonchev–Trinajstić information content (AvgIpc) is 3.44. The first-order valence-electron chi connectivity index (χ1n) is 8.95. The number of carboxylic acid groups (broad SMARTS) is 1. The molecule has 28 heavy (non-hydrogen) atoms. The lowest BCUT2D eigenvalue weighted by Gasteiger charge is -2.23. The molecule has 2 unspecified atom stereocenters. The van der Waals surface area contributed by atoms with Crippen molar-refractivity contribution in [3.8, 4) is 0 Å². The molecule has 9 nitrogen and oxygen atoms in total. The van der Waals surface area contributed by atoms with E-state index in [2.05, 4.69) is 10.1 Å². The zero-order valence-corrected chi connectivity index (χ0v) is 15.4. The summed E-state index contributed by atoms with van der Waals surface area (Å²) in [7, 11) is 1.42. The number of oxime groups is 1. The Morgan fingerprint density at radius 2 is 2.18 bits per heavy atom. The fourth-order valence-corrected chi connectivity index (χ4v) is 3.67. The Kier molecular flexibility index (Phi) is 4.30. The highest BCUT2D eigenvalue weighted by Crippen LogP contribution is 2.37. The van der Waals surface area contributed by atoms with E-state index in [1.807, 2.05) is 6.92 Å². The van der Waals surface area contributed by atoms with Crippen LogP contribution in [0.25, 0.3) is 11.0 Å². The summed E-state index contributed by atoms with van der Waals surface area (Å²) in [5.41, 5.74) is 5.80. The summed E-state index contributed by atoms with van der Waals surface area (Å²) in [5, 5.41) is 13.2. The highest BCUT2D eigenvalue weighted by atomic mass is 19.1. The minimum absolute atomic E-state index is 0.0463. The van der Waals surface area contributed by atoms with Crippen LogP contribution in [0.5, 0.6) is 0 Å². The Morgan fingerprint density at radius 3 is 2.79 bits per heavy atom. The summed E-state index contributed by atoms with van der Waals surface area (Å²) >= 11 is 0. The SMILES string of the molecule is CON=C1C(N)CN(c2nc3c(cc2F)c(=O)c(C(=O)O)cn3C2CC2)C1C. The van der Waals surface area contributed by atoms with Gasteiger partial charge in [-0.2, -0.15) is 0 Å². The summed E-state index contributed by atoms with van der Waals surface area (Å²) < 4.78 is 16.6. The van der Waals surface area contributed by atoms with Gasteiger partial charge in [0.15, 0.2) is 11.6 Å². The Labute approximate surface area is 159 Å². The molecule has 2 fully saturated rings. The number of hydrogen-bond acceptors (Lipinski definition) is 7. The van der Waals surface area contributed by atoms with Gasteiger partial charge in [0.25, 0.3) is 0 Å². The Morgan fingerprint density at radius 1 is 1.46 bits per heavy atom. The second-order valence-corrected chi connectivity index (χ2v) is 7.11. The summed E-state index contributed by atoms with van der Waals surface area (Å²) in [6.07, 6.45) is 3.00. The Bertz CT molecular complexity index is 1060. The smallest absolute Gasteiger partial charge is 0.341 e. The van der Waals surface area contributed by atoms with Crippen LogP contribution in [0.4, 0.5) is 10.2 Å². The molecule has 148 valence electrons. The first-order chi connectivity index (χ1) is 13.3. The van der Waals surface area contributed by atoms with Crippen LogP contribution in [-0.2, 0) is 4.84 Å². The van der Waals surface area contributed by atoms with Crippen LogP contribution >= 0.6 is 0 Å². The maximum atomic E-state index is 14.9. The van der Waals surface area contributed by atoms with Gasteiger partial charge in [0, 0.05) is 18.8 Å². The topological polar surface area (TPSA) is 123 Å². The molecular formula is C18H20FN5O4. The predicted molar refractivity (Wildman–Crippen MR) is 100 cm³/mol. The first-order valence-corrected chi connectivity index (χ1v) is 8.95. The molecule has 0 bridgehead atoms. The number of carbonyl (C=O) groups is 1. The molecule has 1 aliphatic carbocycles. The van der Waals surface area contributed by atoms with Gasteiger partial charge in [-0.15, -0.1) is 0 Å². The lowest BCUT2D eigenvalue weighted by Crippen LogP contribution is -2.32. The second-order valence-electron chi connectivity index (χ2n) is 7.11. The fourth-order valence-electron chi connectivity index (χ4n) is 3.67. The van der Waals surface area contributed by atoms with E-state index >= 15 is 0 Å². The lowest BCUT2D eigenvalue weighted by molar-refractivity contribution is 0.0695. The molecule has 1 saturated heterocycles. The van der Waals surface area contributed by atoms with Crippen molar-refractivity contribution in [3.05, 3.63) is 33.9 Å². The van der Waals surface area contributed by atoms with Crippen molar-refractivity contribution in [3.63, 3.8) is 0 Å².